The van der Waals surface area contributed by atoms with Crippen LogP contribution in [0.1, 0.15) is 23.6 Å². The zero-order valence-corrected chi connectivity index (χ0v) is 13.9. The van der Waals surface area contributed by atoms with E-state index in [1.165, 1.54) is 30.6 Å². The van der Waals surface area contributed by atoms with Gasteiger partial charge in [0.25, 0.3) is 0 Å². The summed E-state index contributed by atoms with van der Waals surface area (Å²) in [4.78, 5) is 8.33. The van der Waals surface area contributed by atoms with Crippen molar-refractivity contribution in [3.05, 3.63) is 59.9 Å². The molecule has 1 fully saturated rings. The Balaban J connectivity index is 1.66. The zero-order valence-electron chi connectivity index (χ0n) is 13.9. The average Bonchev–Trinajstić information content (AvgIpc) is 3.18. The molecule has 1 saturated heterocycles. The van der Waals surface area contributed by atoms with Gasteiger partial charge in [-0.25, -0.2) is 14.4 Å². The van der Waals surface area contributed by atoms with Crippen LogP contribution in [0.5, 0.6) is 0 Å². The van der Waals surface area contributed by atoms with Gasteiger partial charge in [0, 0.05) is 11.6 Å². The summed E-state index contributed by atoms with van der Waals surface area (Å²) in [6.07, 6.45) is -2.89. The molecular weight excluding hydrogens is 341 g/mol. The van der Waals surface area contributed by atoms with Crippen LogP contribution in [0, 0.1) is 12.7 Å². The van der Waals surface area contributed by atoms with E-state index in [0.29, 0.717) is 5.65 Å². The number of ether oxygens (including phenoxy) is 1. The van der Waals surface area contributed by atoms with E-state index in [4.69, 9.17) is 4.74 Å². The molecule has 0 spiro atoms. The fourth-order valence-electron chi connectivity index (χ4n) is 3.36. The van der Waals surface area contributed by atoms with Crippen molar-refractivity contribution < 1.29 is 24.4 Å². The normalized spacial score (nSPS) is 27.1. The molecule has 3 aromatic rings. The average molecular weight is 359 g/mol. The third-order valence-electron chi connectivity index (χ3n) is 4.76. The van der Waals surface area contributed by atoms with Gasteiger partial charge in [-0.05, 0) is 30.7 Å². The highest BCUT2D eigenvalue weighted by Crippen LogP contribution is 2.37. The summed E-state index contributed by atoms with van der Waals surface area (Å²) in [6, 6.07) is 7.22. The van der Waals surface area contributed by atoms with Gasteiger partial charge in [0.2, 0.25) is 0 Å². The summed E-state index contributed by atoms with van der Waals surface area (Å²) in [7, 11) is 0. The topological polar surface area (TPSA) is 101 Å². The van der Waals surface area contributed by atoms with Gasteiger partial charge in [0.15, 0.2) is 6.23 Å². The summed E-state index contributed by atoms with van der Waals surface area (Å²) in [6.45, 7) is 1.84. The van der Waals surface area contributed by atoms with Gasteiger partial charge in [-0.1, -0.05) is 12.1 Å². The van der Waals surface area contributed by atoms with Crippen LogP contribution in [0.15, 0.2) is 42.9 Å². The standard InChI is InChI=1S/C18H18FN3O4/c1-9-12-5-6-22(17(12)21-8-20-9)18-15(25)14(24)16(26-18)13(23)10-3-2-4-11(19)7-10/h2-8,13-16,18,23-25H,1H3/t13-,14+,15-,16-,18-/m1/s1. The summed E-state index contributed by atoms with van der Waals surface area (Å²) in [5, 5.41) is 32.1. The molecule has 5 atom stereocenters. The van der Waals surface area contributed by atoms with E-state index in [2.05, 4.69) is 9.97 Å². The Morgan fingerprint density at radius 2 is 2.00 bits per heavy atom. The molecule has 1 aromatic carbocycles. The Bertz CT molecular complexity index is 947. The van der Waals surface area contributed by atoms with E-state index in [1.54, 1.807) is 16.8 Å². The molecule has 0 unspecified atom stereocenters. The van der Waals surface area contributed by atoms with Crippen molar-refractivity contribution in [3.8, 4) is 0 Å². The number of nitrogens with zero attached hydrogens (tertiary/aromatic N) is 3. The molecule has 8 heteroatoms. The second kappa shape index (κ2) is 6.40. The fraction of sp³-hybridized carbons (Fsp3) is 0.333. The van der Waals surface area contributed by atoms with E-state index in [9.17, 15) is 19.7 Å². The molecule has 1 aliphatic heterocycles. The molecular formula is C18H18FN3O4. The van der Waals surface area contributed by atoms with Crippen LogP contribution in [-0.4, -0.2) is 48.2 Å². The highest BCUT2D eigenvalue weighted by Gasteiger charge is 2.47. The molecule has 0 saturated carbocycles. The monoisotopic (exact) mass is 359 g/mol. The Morgan fingerprint density at radius 3 is 2.77 bits per heavy atom. The number of hydrogen-bond acceptors (Lipinski definition) is 6. The van der Waals surface area contributed by atoms with E-state index in [1.807, 2.05) is 6.92 Å². The van der Waals surface area contributed by atoms with Crippen LogP contribution in [0.25, 0.3) is 11.0 Å². The number of halogens is 1. The second-order valence-electron chi connectivity index (χ2n) is 6.39. The van der Waals surface area contributed by atoms with Gasteiger partial charge in [-0.15, -0.1) is 0 Å². The van der Waals surface area contributed by atoms with Gasteiger partial charge in [0.1, 0.15) is 42.2 Å². The van der Waals surface area contributed by atoms with E-state index in [0.717, 1.165) is 11.1 Å². The van der Waals surface area contributed by atoms with E-state index >= 15 is 0 Å². The number of benzene rings is 1. The first kappa shape index (κ1) is 17.0. The smallest absolute Gasteiger partial charge is 0.164 e. The SMILES string of the molecule is Cc1ncnc2c1ccn2[C@@H]1O[C@H]([C@H](O)c2cccc(F)c2)[C@@H](O)[C@H]1O. The molecule has 3 N–H and O–H groups in total. The summed E-state index contributed by atoms with van der Waals surface area (Å²) >= 11 is 0. The van der Waals surface area contributed by atoms with Gasteiger partial charge in [-0.3, -0.25) is 0 Å². The third kappa shape index (κ3) is 2.67. The quantitative estimate of drug-likeness (QED) is 0.650. The van der Waals surface area contributed by atoms with Crippen LogP contribution in [-0.2, 0) is 4.74 Å². The van der Waals surface area contributed by atoms with Gasteiger partial charge >= 0.3 is 0 Å². The first-order valence-corrected chi connectivity index (χ1v) is 8.20. The van der Waals surface area contributed by atoms with Gasteiger partial charge in [-0.2, -0.15) is 0 Å². The molecule has 2 aromatic heterocycles. The lowest BCUT2D eigenvalue weighted by molar-refractivity contribution is -0.0849. The summed E-state index contributed by atoms with van der Waals surface area (Å²) in [5.41, 5.74) is 1.59. The fourth-order valence-corrected chi connectivity index (χ4v) is 3.36. The van der Waals surface area contributed by atoms with Crippen molar-refractivity contribution in [1.82, 2.24) is 14.5 Å². The molecule has 26 heavy (non-hydrogen) atoms. The summed E-state index contributed by atoms with van der Waals surface area (Å²) in [5.74, 6) is -0.505. The minimum Gasteiger partial charge on any atom is -0.387 e. The minimum atomic E-state index is -1.35. The van der Waals surface area contributed by atoms with Crippen LogP contribution in [0.4, 0.5) is 4.39 Å². The molecule has 0 aliphatic carbocycles. The van der Waals surface area contributed by atoms with Crippen LogP contribution in [0.3, 0.4) is 0 Å². The molecule has 4 rings (SSSR count). The first-order valence-electron chi connectivity index (χ1n) is 8.20. The Morgan fingerprint density at radius 1 is 1.19 bits per heavy atom. The number of aliphatic hydroxyl groups is 3. The molecule has 0 bridgehead atoms. The lowest BCUT2D eigenvalue weighted by atomic mass is 9.99. The van der Waals surface area contributed by atoms with E-state index < -0.39 is 36.5 Å². The van der Waals surface area contributed by atoms with Crippen LogP contribution in [0.2, 0.25) is 0 Å². The highest BCUT2D eigenvalue weighted by atomic mass is 19.1. The minimum absolute atomic E-state index is 0.262. The van der Waals surface area contributed by atoms with Crippen LogP contribution < -0.4 is 0 Å². The Kier molecular flexibility index (Phi) is 4.20. The predicted octanol–water partition coefficient (Wildman–Crippen LogP) is 1.23. The number of aromatic nitrogens is 3. The zero-order chi connectivity index (χ0) is 18.4. The predicted molar refractivity (Wildman–Crippen MR) is 89.5 cm³/mol. The molecule has 1 aliphatic rings. The largest absolute Gasteiger partial charge is 0.387 e. The van der Waals surface area contributed by atoms with Gasteiger partial charge in [0.05, 0.1) is 5.69 Å². The first-order chi connectivity index (χ1) is 12.5. The van der Waals surface area contributed by atoms with Crippen molar-refractivity contribution in [3.63, 3.8) is 0 Å². The highest BCUT2D eigenvalue weighted by molar-refractivity contribution is 5.78. The lowest BCUT2D eigenvalue weighted by Crippen LogP contribution is -2.34. The van der Waals surface area contributed by atoms with Crippen molar-refractivity contribution in [2.75, 3.05) is 0 Å². The maximum absolute atomic E-state index is 13.4. The Hall–Kier alpha value is -2.39. The maximum Gasteiger partial charge on any atom is 0.164 e. The number of hydrogen-bond donors (Lipinski definition) is 3. The van der Waals surface area contributed by atoms with Crippen molar-refractivity contribution in [2.45, 2.75) is 37.6 Å². The third-order valence-corrected chi connectivity index (χ3v) is 4.76. The van der Waals surface area contributed by atoms with Crippen molar-refractivity contribution in [1.29, 1.82) is 0 Å². The maximum atomic E-state index is 13.4. The molecule has 0 amide bonds. The number of fused-ring (bicyclic) bond motifs is 1. The Labute approximate surface area is 148 Å². The van der Waals surface area contributed by atoms with E-state index in [-0.39, 0.29) is 5.56 Å². The number of rotatable bonds is 3. The number of aryl methyl sites for hydroxylation is 1. The molecule has 0 radical (unpaired) electrons. The molecule has 7 nitrogen and oxygen atoms in total. The second-order valence-corrected chi connectivity index (χ2v) is 6.39. The van der Waals surface area contributed by atoms with Gasteiger partial charge < -0.3 is 24.6 Å². The number of aliphatic hydroxyl groups excluding tert-OH is 3. The summed E-state index contributed by atoms with van der Waals surface area (Å²) < 4.78 is 20.8. The lowest BCUT2D eigenvalue weighted by Gasteiger charge is -2.21. The van der Waals surface area contributed by atoms with Crippen molar-refractivity contribution >= 4 is 11.0 Å². The molecule has 136 valence electrons. The van der Waals surface area contributed by atoms with Crippen molar-refractivity contribution in [2.24, 2.45) is 0 Å². The van der Waals surface area contributed by atoms with Crippen LogP contribution >= 0.6 is 0 Å². The molecule has 3 heterocycles.